The van der Waals surface area contributed by atoms with E-state index < -0.39 is 23.4 Å². The van der Waals surface area contributed by atoms with Gasteiger partial charge in [0.05, 0.1) is 25.3 Å². The summed E-state index contributed by atoms with van der Waals surface area (Å²) in [5.41, 5.74) is 0.111. The van der Waals surface area contributed by atoms with Gasteiger partial charge in [-0.2, -0.15) is 9.97 Å². The molecule has 0 spiro atoms. The number of rotatable bonds is 7. The van der Waals surface area contributed by atoms with Crippen LogP contribution >= 0.6 is 11.6 Å². The van der Waals surface area contributed by atoms with Crippen molar-refractivity contribution in [3.05, 3.63) is 53.1 Å². The standard InChI is InChI=1S/C29H35ClN4O6/c1-9-38-20-13-11-19(12-14-20)23-31-24(33-25(32-23)37-8)21-16-18(10-15-22(21)30)17-34(26(35)39-28(2,3)4)27(36)40-29(5,6)7/h10-16H,9,17H2,1-8H3. The van der Waals surface area contributed by atoms with Gasteiger partial charge in [0, 0.05) is 11.1 Å². The van der Waals surface area contributed by atoms with E-state index in [1.165, 1.54) is 7.11 Å². The molecule has 0 N–H and O–H groups in total. The van der Waals surface area contributed by atoms with E-state index in [1.807, 2.05) is 31.2 Å². The number of imide groups is 1. The molecule has 0 aliphatic heterocycles. The Morgan fingerprint density at radius 1 is 0.850 bits per heavy atom. The molecule has 2 amide bonds. The van der Waals surface area contributed by atoms with Gasteiger partial charge in [-0.1, -0.05) is 17.7 Å². The molecular weight excluding hydrogens is 536 g/mol. The number of halogens is 1. The molecule has 0 unspecified atom stereocenters. The van der Waals surface area contributed by atoms with E-state index >= 15 is 0 Å². The summed E-state index contributed by atoms with van der Waals surface area (Å²) in [6.45, 7) is 12.6. The molecule has 10 nitrogen and oxygen atoms in total. The van der Waals surface area contributed by atoms with E-state index in [4.69, 9.17) is 30.5 Å². The van der Waals surface area contributed by atoms with Crippen molar-refractivity contribution in [1.82, 2.24) is 19.9 Å². The number of hydrogen-bond acceptors (Lipinski definition) is 9. The third-order valence-electron chi connectivity index (χ3n) is 5.06. The van der Waals surface area contributed by atoms with Crippen LogP contribution in [0.15, 0.2) is 42.5 Å². The molecule has 0 saturated carbocycles. The summed E-state index contributed by atoms with van der Waals surface area (Å²) in [6.07, 6.45) is -1.67. The number of methoxy groups -OCH3 is 1. The number of hydrogen-bond donors (Lipinski definition) is 0. The largest absolute Gasteiger partial charge is 0.494 e. The Hall–Kier alpha value is -3.92. The van der Waals surface area contributed by atoms with Gasteiger partial charge >= 0.3 is 18.2 Å². The van der Waals surface area contributed by atoms with Gasteiger partial charge in [0.25, 0.3) is 0 Å². The summed E-state index contributed by atoms with van der Waals surface area (Å²) in [5, 5.41) is 0.357. The van der Waals surface area contributed by atoms with Crippen LogP contribution in [0.3, 0.4) is 0 Å². The molecule has 40 heavy (non-hydrogen) atoms. The minimum absolute atomic E-state index is 0.0968. The van der Waals surface area contributed by atoms with E-state index in [1.54, 1.807) is 59.7 Å². The normalized spacial score (nSPS) is 11.5. The maximum Gasteiger partial charge on any atom is 0.420 e. The predicted octanol–water partition coefficient (Wildman–Crippen LogP) is 6.94. The summed E-state index contributed by atoms with van der Waals surface area (Å²) >= 11 is 6.56. The van der Waals surface area contributed by atoms with Crippen molar-refractivity contribution in [2.75, 3.05) is 13.7 Å². The summed E-state index contributed by atoms with van der Waals surface area (Å²) in [7, 11) is 1.46. The lowest BCUT2D eigenvalue weighted by molar-refractivity contribution is -0.000251. The molecule has 2 aromatic carbocycles. The molecule has 0 fully saturated rings. The number of amides is 2. The second kappa shape index (κ2) is 12.5. The second-order valence-electron chi connectivity index (χ2n) is 10.8. The topological polar surface area (TPSA) is 113 Å². The highest BCUT2D eigenvalue weighted by atomic mass is 35.5. The van der Waals surface area contributed by atoms with Crippen LogP contribution in [0, 0.1) is 0 Å². The molecule has 214 valence electrons. The minimum Gasteiger partial charge on any atom is -0.494 e. The number of carbonyl (C=O) groups excluding carboxylic acids is 2. The van der Waals surface area contributed by atoms with Gasteiger partial charge in [-0.3, -0.25) is 0 Å². The molecule has 0 atom stereocenters. The fourth-order valence-corrected chi connectivity index (χ4v) is 3.63. The maximum absolute atomic E-state index is 13.0. The van der Waals surface area contributed by atoms with Crippen LogP contribution in [0.25, 0.3) is 22.8 Å². The van der Waals surface area contributed by atoms with Crippen LogP contribution in [0.1, 0.15) is 54.0 Å². The smallest absolute Gasteiger partial charge is 0.420 e. The Kier molecular flexibility index (Phi) is 9.57. The Balaban J connectivity index is 2.00. The average molecular weight is 571 g/mol. The van der Waals surface area contributed by atoms with Gasteiger partial charge in [0.15, 0.2) is 11.6 Å². The molecule has 11 heteroatoms. The molecular formula is C29H35ClN4O6. The van der Waals surface area contributed by atoms with Crippen molar-refractivity contribution >= 4 is 23.8 Å². The Bertz CT molecular complexity index is 1320. The third-order valence-corrected chi connectivity index (χ3v) is 5.39. The van der Waals surface area contributed by atoms with E-state index in [0.717, 1.165) is 16.2 Å². The Morgan fingerprint density at radius 3 is 1.95 bits per heavy atom. The van der Waals surface area contributed by atoms with Gasteiger partial charge in [-0.05, 0) is 90.4 Å². The van der Waals surface area contributed by atoms with Crippen molar-refractivity contribution in [2.24, 2.45) is 0 Å². The van der Waals surface area contributed by atoms with E-state index in [0.29, 0.717) is 28.6 Å². The highest BCUT2D eigenvalue weighted by Crippen LogP contribution is 2.30. The fourth-order valence-electron chi connectivity index (χ4n) is 3.43. The minimum atomic E-state index is -0.835. The van der Waals surface area contributed by atoms with E-state index in [-0.39, 0.29) is 18.4 Å². The Morgan fingerprint density at radius 2 is 1.43 bits per heavy atom. The molecule has 1 heterocycles. The number of nitrogens with zero attached hydrogens (tertiary/aromatic N) is 4. The highest BCUT2D eigenvalue weighted by Gasteiger charge is 2.31. The molecule has 0 aliphatic rings. The van der Waals surface area contributed by atoms with Crippen molar-refractivity contribution in [2.45, 2.75) is 66.2 Å². The monoisotopic (exact) mass is 570 g/mol. The lowest BCUT2D eigenvalue weighted by Crippen LogP contribution is -2.43. The van der Waals surface area contributed by atoms with Crippen LogP contribution in [0.2, 0.25) is 5.02 Å². The quantitative estimate of drug-likeness (QED) is 0.298. The number of ether oxygens (including phenoxy) is 4. The molecule has 0 aliphatic carbocycles. The van der Waals surface area contributed by atoms with Gasteiger partial charge < -0.3 is 18.9 Å². The summed E-state index contributed by atoms with van der Waals surface area (Å²) in [5.74, 6) is 1.35. The third kappa shape index (κ3) is 8.54. The lowest BCUT2D eigenvalue weighted by atomic mass is 10.1. The van der Waals surface area contributed by atoms with Crippen LogP contribution in [0.4, 0.5) is 9.59 Å². The van der Waals surface area contributed by atoms with Crippen molar-refractivity contribution in [3.63, 3.8) is 0 Å². The first-order valence-electron chi connectivity index (χ1n) is 12.7. The van der Waals surface area contributed by atoms with Crippen LogP contribution in [-0.4, -0.2) is 57.0 Å². The SMILES string of the molecule is CCOc1ccc(-c2nc(OC)nc(-c3cc(CN(C(=O)OC(C)(C)C)C(=O)OC(C)(C)C)ccc3Cl)n2)cc1. The predicted molar refractivity (Wildman–Crippen MR) is 151 cm³/mol. The van der Waals surface area contributed by atoms with E-state index in [9.17, 15) is 9.59 Å². The summed E-state index contributed by atoms with van der Waals surface area (Å²) < 4.78 is 21.8. The number of aromatic nitrogens is 3. The zero-order chi connectivity index (χ0) is 29.7. The second-order valence-corrected chi connectivity index (χ2v) is 11.2. The first-order valence-corrected chi connectivity index (χ1v) is 13.1. The van der Waals surface area contributed by atoms with Crippen LogP contribution in [0.5, 0.6) is 11.8 Å². The molecule has 0 saturated heterocycles. The highest BCUT2D eigenvalue weighted by molar-refractivity contribution is 6.33. The van der Waals surface area contributed by atoms with Gasteiger partial charge in [-0.15, -0.1) is 0 Å². The number of carbonyl (C=O) groups is 2. The maximum atomic E-state index is 13.0. The summed E-state index contributed by atoms with van der Waals surface area (Å²) in [6, 6.07) is 12.4. The van der Waals surface area contributed by atoms with Gasteiger partial charge in [-0.25, -0.2) is 19.5 Å². The zero-order valence-corrected chi connectivity index (χ0v) is 24.8. The molecule has 0 bridgehead atoms. The molecule has 1 aromatic heterocycles. The average Bonchev–Trinajstić information content (AvgIpc) is 2.86. The van der Waals surface area contributed by atoms with Crippen LogP contribution in [-0.2, 0) is 16.0 Å². The van der Waals surface area contributed by atoms with Crippen molar-refractivity contribution in [1.29, 1.82) is 0 Å². The Labute approximate surface area is 239 Å². The molecule has 3 aromatic rings. The summed E-state index contributed by atoms with van der Waals surface area (Å²) in [4.78, 5) is 40.3. The fraction of sp³-hybridized carbons (Fsp3) is 0.414. The molecule has 0 radical (unpaired) electrons. The van der Waals surface area contributed by atoms with Crippen molar-refractivity contribution in [3.8, 4) is 34.5 Å². The zero-order valence-electron chi connectivity index (χ0n) is 24.1. The van der Waals surface area contributed by atoms with Crippen LogP contribution < -0.4 is 9.47 Å². The first-order chi connectivity index (χ1) is 18.7. The van der Waals surface area contributed by atoms with Gasteiger partial charge in [0.1, 0.15) is 17.0 Å². The lowest BCUT2D eigenvalue weighted by Gasteiger charge is -2.28. The molecule has 3 rings (SSSR count). The number of benzene rings is 2. The van der Waals surface area contributed by atoms with Gasteiger partial charge in [0.2, 0.25) is 0 Å². The van der Waals surface area contributed by atoms with Crippen molar-refractivity contribution < 1.29 is 28.5 Å². The first kappa shape index (κ1) is 30.6. The van der Waals surface area contributed by atoms with E-state index in [2.05, 4.69) is 15.0 Å².